The number of rotatable bonds is 3. The van der Waals surface area contributed by atoms with Crippen LogP contribution in [-0.4, -0.2) is 38.1 Å². The summed E-state index contributed by atoms with van der Waals surface area (Å²) < 4.78 is 1.51. The molecule has 120 valence electrons. The highest BCUT2D eigenvalue weighted by Crippen LogP contribution is 2.46. The number of ketones is 1. The van der Waals surface area contributed by atoms with E-state index < -0.39 is 41.0 Å². The summed E-state index contributed by atoms with van der Waals surface area (Å²) in [5, 5.41) is 14.7. The van der Waals surface area contributed by atoms with Crippen LogP contribution >= 0.6 is 0 Å². The van der Waals surface area contributed by atoms with Crippen molar-refractivity contribution >= 4 is 17.6 Å². The van der Waals surface area contributed by atoms with E-state index in [0.717, 1.165) is 0 Å². The number of aryl methyl sites for hydroxylation is 2. The van der Waals surface area contributed by atoms with Gasteiger partial charge in [-0.25, -0.2) is 0 Å². The first kappa shape index (κ1) is 16.2. The van der Waals surface area contributed by atoms with Crippen molar-refractivity contribution < 1.29 is 19.5 Å². The fraction of sp³-hybridized carbons (Fsp3) is 0.571. The van der Waals surface area contributed by atoms with Gasteiger partial charge < -0.3 is 16.6 Å². The molecule has 5 N–H and O–H groups in total. The van der Waals surface area contributed by atoms with E-state index in [0.29, 0.717) is 11.3 Å². The van der Waals surface area contributed by atoms with E-state index in [9.17, 15) is 19.5 Å². The van der Waals surface area contributed by atoms with E-state index in [1.807, 2.05) is 0 Å². The molecule has 2 rings (SSSR count). The van der Waals surface area contributed by atoms with Crippen LogP contribution in [-0.2, 0) is 21.4 Å². The van der Waals surface area contributed by atoms with Gasteiger partial charge in [-0.3, -0.25) is 19.1 Å². The van der Waals surface area contributed by atoms with Gasteiger partial charge in [0.25, 0.3) is 0 Å². The minimum absolute atomic E-state index is 0.343. The Labute approximate surface area is 127 Å². The van der Waals surface area contributed by atoms with E-state index in [1.165, 1.54) is 11.6 Å². The molecule has 1 aromatic heterocycles. The number of carbonyl (C=O) groups excluding carboxylic acids is 3. The van der Waals surface area contributed by atoms with Crippen LogP contribution in [0, 0.1) is 18.8 Å². The Morgan fingerprint density at radius 2 is 2.00 bits per heavy atom. The number of hydrogen-bond acceptors (Lipinski definition) is 5. The summed E-state index contributed by atoms with van der Waals surface area (Å²) in [5.74, 6) is -5.34. The molecule has 0 aromatic carbocycles. The molecule has 0 bridgehead atoms. The third-order valence-corrected chi connectivity index (χ3v) is 4.29. The average Bonchev–Trinajstić information content (AvgIpc) is 2.64. The molecule has 8 heteroatoms. The molecule has 4 atom stereocenters. The van der Waals surface area contributed by atoms with Gasteiger partial charge in [-0.2, -0.15) is 5.10 Å². The maximum atomic E-state index is 12.3. The highest BCUT2D eigenvalue weighted by Gasteiger charge is 2.55. The second-order valence-corrected chi connectivity index (χ2v) is 6.13. The number of hydrogen-bond donors (Lipinski definition) is 3. The van der Waals surface area contributed by atoms with Crippen molar-refractivity contribution in [3.63, 3.8) is 0 Å². The topological polar surface area (TPSA) is 141 Å². The van der Waals surface area contributed by atoms with E-state index in [-0.39, 0.29) is 6.42 Å². The zero-order valence-corrected chi connectivity index (χ0v) is 12.7. The van der Waals surface area contributed by atoms with Crippen LogP contribution in [0.2, 0.25) is 0 Å². The average molecular weight is 308 g/mol. The van der Waals surface area contributed by atoms with Gasteiger partial charge in [-0.05, 0) is 19.4 Å². The van der Waals surface area contributed by atoms with Crippen LogP contribution < -0.4 is 11.5 Å². The van der Waals surface area contributed by atoms with Crippen molar-refractivity contribution in [3.8, 4) is 0 Å². The summed E-state index contributed by atoms with van der Waals surface area (Å²) >= 11 is 0. The van der Waals surface area contributed by atoms with Crippen molar-refractivity contribution in [3.05, 3.63) is 17.5 Å². The molecule has 0 aliphatic heterocycles. The molecule has 1 saturated carbocycles. The Kier molecular flexibility index (Phi) is 3.82. The molecule has 0 radical (unpaired) electrons. The first-order chi connectivity index (χ1) is 10.1. The van der Waals surface area contributed by atoms with Gasteiger partial charge in [0, 0.05) is 25.6 Å². The highest BCUT2D eigenvalue weighted by atomic mass is 16.3. The lowest BCUT2D eigenvalue weighted by Gasteiger charge is -2.43. The number of amides is 2. The molecule has 0 spiro atoms. The van der Waals surface area contributed by atoms with E-state index >= 15 is 0 Å². The number of aromatic nitrogens is 2. The first-order valence-electron chi connectivity index (χ1n) is 6.90. The molecule has 2 amide bonds. The van der Waals surface area contributed by atoms with Crippen LogP contribution in [0.25, 0.3) is 0 Å². The molecule has 1 heterocycles. The second-order valence-electron chi connectivity index (χ2n) is 6.13. The Bertz CT molecular complexity index is 649. The number of primary amides is 2. The molecular formula is C14H20N4O4. The quantitative estimate of drug-likeness (QED) is 0.597. The molecule has 22 heavy (non-hydrogen) atoms. The molecule has 0 saturated heterocycles. The SMILES string of the molecule is Cc1nn(C)cc1[C@H]1[C@@H](C(N)=O)C(=O)C[C@@](C)(O)[C@@H]1C(N)=O. The van der Waals surface area contributed by atoms with Gasteiger partial charge in [0.1, 0.15) is 11.7 Å². The van der Waals surface area contributed by atoms with Crippen molar-refractivity contribution in [2.24, 2.45) is 30.4 Å². The van der Waals surface area contributed by atoms with Gasteiger partial charge in [0.2, 0.25) is 11.8 Å². The monoisotopic (exact) mass is 308 g/mol. The Morgan fingerprint density at radius 1 is 1.41 bits per heavy atom. The van der Waals surface area contributed by atoms with Crippen LogP contribution in [0.5, 0.6) is 0 Å². The second kappa shape index (κ2) is 5.20. The van der Waals surface area contributed by atoms with Crippen LogP contribution in [0.15, 0.2) is 6.20 Å². The maximum absolute atomic E-state index is 12.3. The molecule has 8 nitrogen and oxygen atoms in total. The van der Waals surface area contributed by atoms with E-state index in [1.54, 1.807) is 20.2 Å². The fourth-order valence-corrected chi connectivity index (χ4v) is 3.48. The Balaban J connectivity index is 2.67. The summed E-state index contributed by atoms with van der Waals surface area (Å²) in [6.07, 6.45) is 1.27. The van der Waals surface area contributed by atoms with Crippen molar-refractivity contribution in [2.45, 2.75) is 31.8 Å². The Hall–Kier alpha value is -2.22. The third-order valence-electron chi connectivity index (χ3n) is 4.29. The molecule has 0 unspecified atom stereocenters. The van der Waals surface area contributed by atoms with Crippen molar-refractivity contribution in [1.82, 2.24) is 9.78 Å². The number of carbonyl (C=O) groups is 3. The molecule has 1 aromatic rings. The summed E-state index contributed by atoms with van der Waals surface area (Å²) in [6, 6.07) is 0. The molecular weight excluding hydrogens is 288 g/mol. The molecule has 1 aliphatic carbocycles. The lowest BCUT2D eigenvalue weighted by Crippen LogP contribution is -2.57. The summed E-state index contributed by atoms with van der Waals surface area (Å²) in [5.41, 5.74) is 10.2. The van der Waals surface area contributed by atoms with Crippen LogP contribution in [0.1, 0.15) is 30.5 Å². The minimum Gasteiger partial charge on any atom is -0.389 e. The van der Waals surface area contributed by atoms with Gasteiger partial charge in [-0.15, -0.1) is 0 Å². The predicted molar refractivity (Wildman–Crippen MR) is 76.3 cm³/mol. The van der Waals surface area contributed by atoms with E-state index in [2.05, 4.69) is 5.10 Å². The summed E-state index contributed by atoms with van der Waals surface area (Å²) in [6.45, 7) is 3.06. The number of nitrogens with two attached hydrogens (primary N) is 2. The van der Waals surface area contributed by atoms with Gasteiger partial charge >= 0.3 is 0 Å². The molecule has 1 fully saturated rings. The lowest BCUT2D eigenvalue weighted by molar-refractivity contribution is -0.152. The van der Waals surface area contributed by atoms with Gasteiger partial charge in [0.05, 0.1) is 17.2 Å². The van der Waals surface area contributed by atoms with Crippen molar-refractivity contribution in [1.29, 1.82) is 0 Å². The molecule has 1 aliphatic rings. The first-order valence-corrected chi connectivity index (χ1v) is 6.90. The smallest absolute Gasteiger partial charge is 0.228 e. The van der Waals surface area contributed by atoms with Crippen LogP contribution in [0.4, 0.5) is 0 Å². The van der Waals surface area contributed by atoms with Crippen LogP contribution in [0.3, 0.4) is 0 Å². The van der Waals surface area contributed by atoms with Crippen molar-refractivity contribution in [2.75, 3.05) is 0 Å². The van der Waals surface area contributed by atoms with Gasteiger partial charge in [0.15, 0.2) is 0 Å². The summed E-state index contributed by atoms with van der Waals surface area (Å²) in [4.78, 5) is 36.0. The maximum Gasteiger partial charge on any atom is 0.228 e. The standard InChI is InChI=1S/C14H20N4O4/c1-6-7(5-18(3)17-6)9-10(12(15)20)8(19)4-14(2,22)11(9)13(16)21/h5,9-11,22H,4H2,1-3H3,(H2,15,20)(H2,16,21)/t9-,10-,11-,14+/m0/s1. The number of nitrogens with zero attached hydrogens (tertiary/aromatic N) is 2. The largest absolute Gasteiger partial charge is 0.389 e. The zero-order chi connectivity index (χ0) is 16.8. The predicted octanol–water partition coefficient (Wildman–Crippen LogP) is -1.26. The Morgan fingerprint density at radius 3 is 2.41 bits per heavy atom. The summed E-state index contributed by atoms with van der Waals surface area (Å²) in [7, 11) is 1.68. The number of Topliss-reactive ketones (excluding diaryl/α,β-unsaturated/α-hetero) is 1. The lowest BCUT2D eigenvalue weighted by atomic mass is 9.61. The zero-order valence-electron chi connectivity index (χ0n) is 12.7. The minimum atomic E-state index is -1.64. The van der Waals surface area contributed by atoms with E-state index in [4.69, 9.17) is 11.5 Å². The number of aliphatic hydroxyl groups is 1. The highest BCUT2D eigenvalue weighted by molar-refractivity contribution is 6.04. The third kappa shape index (κ3) is 2.50. The normalized spacial score (nSPS) is 32.0. The fourth-order valence-electron chi connectivity index (χ4n) is 3.48. The van der Waals surface area contributed by atoms with Gasteiger partial charge in [-0.1, -0.05) is 0 Å².